The van der Waals surface area contributed by atoms with E-state index in [1.807, 2.05) is 10.3 Å². The van der Waals surface area contributed by atoms with Crippen LogP contribution in [-0.4, -0.2) is 40.8 Å². The Hall–Kier alpha value is -2.55. The standard InChI is InChI=1S/C15H16N4O4S/c1-7(20)11-8(2)23-14(12(11)13(16)22)18-10(21)5-9-6-24-15-17-3-4-19(9)15/h6H,3-5H2,1-2H3,(H2,16,22)(H,18,21). The Labute approximate surface area is 142 Å². The molecular weight excluding hydrogens is 332 g/mol. The van der Waals surface area contributed by atoms with Crippen molar-refractivity contribution in [1.29, 1.82) is 0 Å². The van der Waals surface area contributed by atoms with Gasteiger partial charge in [0, 0.05) is 12.2 Å². The summed E-state index contributed by atoms with van der Waals surface area (Å²) in [4.78, 5) is 41.9. The summed E-state index contributed by atoms with van der Waals surface area (Å²) in [6.45, 7) is 4.32. The zero-order valence-electron chi connectivity index (χ0n) is 13.2. The maximum atomic E-state index is 12.3. The monoisotopic (exact) mass is 348 g/mol. The van der Waals surface area contributed by atoms with E-state index in [-0.39, 0.29) is 40.9 Å². The number of furan rings is 1. The van der Waals surface area contributed by atoms with Gasteiger partial charge >= 0.3 is 0 Å². The molecule has 1 aromatic rings. The van der Waals surface area contributed by atoms with E-state index in [0.29, 0.717) is 6.54 Å². The number of ketones is 1. The van der Waals surface area contributed by atoms with Gasteiger partial charge in [-0.25, -0.2) is 0 Å². The van der Waals surface area contributed by atoms with Gasteiger partial charge in [-0.1, -0.05) is 11.8 Å². The Balaban J connectivity index is 1.78. The number of nitrogens with two attached hydrogens (primary N) is 1. The van der Waals surface area contributed by atoms with Crippen LogP contribution in [-0.2, 0) is 4.79 Å². The van der Waals surface area contributed by atoms with Gasteiger partial charge in [-0.05, 0) is 19.3 Å². The first-order valence-corrected chi connectivity index (χ1v) is 8.18. The van der Waals surface area contributed by atoms with Crippen molar-refractivity contribution in [2.75, 3.05) is 18.4 Å². The molecule has 0 aliphatic carbocycles. The highest BCUT2D eigenvalue weighted by Gasteiger charge is 2.29. The predicted octanol–water partition coefficient (Wildman–Crippen LogP) is 1.48. The summed E-state index contributed by atoms with van der Waals surface area (Å²) in [7, 11) is 0. The first-order chi connectivity index (χ1) is 11.4. The van der Waals surface area contributed by atoms with Crippen LogP contribution in [0.1, 0.15) is 39.8 Å². The number of hydrogen-bond donors (Lipinski definition) is 2. The molecule has 0 unspecified atom stereocenters. The average Bonchev–Trinajstić information content (AvgIpc) is 3.14. The van der Waals surface area contributed by atoms with E-state index in [1.54, 1.807) is 6.92 Å². The van der Waals surface area contributed by atoms with Crippen LogP contribution >= 0.6 is 11.8 Å². The molecule has 3 rings (SSSR count). The number of nitrogens with zero attached hydrogens (tertiary/aromatic N) is 2. The number of anilines is 1. The second-order valence-corrected chi connectivity index (χ2v) is 6.26. The van der Waals surface area contributed by atoms with Gasteiger partial charge in [0.2, 0.25) is 11.8 Å². The molecule has 8 nitrogen and oxygen atoms in total. The molecular formula is C15H16N4O4S. The first kappa shape index (κ1) is 16.3. The number of thioether (sulfide) groups is 1. The third-order valence-corrected chi connectivity index (χ3v) is 4.68. The van der Waals surface area contributed by atoms with E-state index in [4.69, 9.17) is 10.2 Å². The summed E-state index contributed by atoms with van der Waals surface area (Å²) in [6, 6.07) is 0. The smallest absolute Gasteiger partial charge is 0.255 e. The fraction of sp³-hybridized carbons (Fsp3) is 0.333. The third kappa shape index (κ3) is 2.82. The molecule has 0 radical (unpaired) electrons. The summed E-state index contributed by atoms with van der Waals surface area (Å²) in [5, 5.41) is 5.31. The van der Waals surface area contributed by atoms with Gasteiger partial charge in [-0.3, -0.25) is 24.7 Å². The minimum atomic E-state index is -0.822. The topological polar surface area (TPSA) is 118 Å². The van der Waals surface area contributed by atoms with Crippen LogP contribution in [0.2, 0.25) is 0 Å². The van der Waals surface area contributed by atoms with Gasteiger partial charge in [0.05, 0.1) is 18.5 Å². The number of amides is 2. The van der Waals surface area contributed by atoms with Crippen LogP contribution in [0.5, 0.6) is 0 Å². The molecule has 9 heteroatoms. The van der Waals surface area contributed by atoms with Gasteiger partial charge in [0.25, 0.3) is 5.91 Å². The van der Waals surface area contributed by atoms with Crippen molar-refractivity contribution in [3.63, 3.8) is 0 Å². The van der Waals surface area contributed by atoms with Gasteiger partial charge in [-0.2, -0.15) is 0 Å². The van der Waals surface area contributed by atoms with Crippen molar-refractivity contribution < 1.29 is 18.8 Å². The highest BCUT2D eigenvalue weighted by Crippen LogP contribution is 2.32. The van der Waals surface area contributed by atoms with E-state index in [1.165, 1.54) is 18.7 Å². The number of carbonyl (C=O) groups excluding carboxylic acids is 3. The third-order valence-electron chi connectivity index (χ3n) is 3.73. The van der Waals surface area contributed by atoms with E-state index in [2.05, 4.69) is 10.3 Å². The number of hydrogen-bond acceptors (Lipinski definition) is 7. The fourth-order valence-electron chi connectivity index (χ4n) is 2.74. The van der Waals surface area contributed by atoms with Crippen LogP contribution in [0, 0.1) is 6.92 Å². The molecule has 0 aromatic carbocycles. The van der Waals surface area contributed by atoms with Crippen LogP contribution in [0.4, 0.5) is 5.88 Å². The second-order valence-electron chi connectivity index (χ2n) is 5.43. The van der Waals surface area contributed by atoms with Crippen molar-refractivity contribution in [2.24, 2.45) is 10.7 Å². The molecule has 3 heterocycles. The Morgan fingerprint density at radius 2 is 2.17 bits per heavy atom. The lowest BCUT2D eigenvalue weighted by Crippen LogP contribution is -2.25. The number of Topliss-reactive ketones (excluding diaryl/α,β-unsaturated/α-hetero) is 1. The minimum Gasteiger partial charge on any atom is -0.444 e. The largest absolute Gasteiger partial charge is 0.444 e. The maximum Gasteiger partial charge on any atom is 0.255 e. The van der Waals surface area contributed by atoms with Crippen molar-refractivity contribution in [3.8, 4) is 0 Å². The molecule has 1 aromatic heterocycles. The Bertz CT molecular complexity index is 809. The Morgan fingerprint density at radius 1 is 1.42 bits per heavy atom. The molecule has 0 fully saturated rings. The average molecular weight is 348 g/mol. The number of carbonyl (C=O) groups is 3. The zero-order chi connectivity index (χ0) is 17.4. The summed E-state index contributed by atoms with van der Waals surface area (Å²) < 4.78 is 5.37. The van der Waals surface area contributed by atoms with Crippen molar-refractivity contribution in [2.45, 2.75) is 20.3 Å². The summed E-state index contributed by atoms with van der Waals surface area (Å²) >= 11 is 1.48. The molecule has 0 bridgehead atoms. The number of aliphatic imine (C=N–C) groups is 1. The number of fused-ring (bicyclic) bond motifs is 1. The first-order valence-electron chi connectivity index (χ1n) is 7.30. The molecule has 0 spiro atoms. The van der Waals surface area contributed by atoms with Gasteiger partial charge in [0.1, 0.15) is 11.3 Å². The molecule has 126 valence electrons. The normalized spacial score (nSPS) is 15.8. The minimum absolute atomic E-state index is 0.0863. The predicted molar refractivity (Wildman–Crippen MR) is 89.9 cm³/mol. The van der Waals surface area contributed by atoms with Crippen LogP contribution < -0.4 is 11.1 Å². The quantitative estimate of drug-likeness (QED) is 0.778. The molecule has 0 atom stereocenters. The fourth-order valence-corrected chi connectivity index (χ4v) is 3.70. The van der Waals surface area contributed by atoms with Crippen LogP contribution in [0.15, 0.2) is 20.5 Å². The highest BCUT2D eigenvalue weighted by molar-refractivity contribution is 8.16. The van der Waals surface area contributed by atoms with Gasteiger partial charge < -0.3 is 15.1 Å². The molecule has 24 heavy (non-hydrogen) atoms. The number of nitrogens with one attached hydrogen (secondary N) is 1. The van der Waals surface area contributed by atoms with Crippen LogP contribution in [0.25, 0.3) is 0 Å². The molecule has 3 N–H and O–H groups in total. The second kappa shape index (κ2) is 6.16. The number of primary amides is 1. The molecule has 0 saturated heterocycles. The van der Waals surface area contributed by atoms with Crippen molar-refractivity contribution in [3.05, 3.63) is 28.0 Å². The van der Waals surface area contributed by atoms with Crippen molar-refractivity contribution >= 4 is 40.4 Å². The van der Waals surface area contributed by atoms with E-state index in [9.17, 15) is 14.4 Å². The number of aryl methyl sites for hydroxylation is 1. The Kier molecular flexibility index (Phi) is 4.18. The van der Waals surface area contributed by atoms with Gasteiger partial charge in [-0.15, -0.1) is 0 Å². The lowest BCUT2D eigenvalue weighted by atomic mass is 10.1. The number of rotatable bonds is 5. The van der Waals surface area contributed by atoms with E-state index in [0.717, 1.165) is 17.4 Å². The SMILES string of the molecule is CC(=O)c1c(C)oc(NC(=O)CC2=CSC3=NCCN23)c1C(N)=O. The summed E-state index contributed by atoms with van der Waals surface area (Å²) in [5.41, 5.74) is 6.18. The zero-order valence-corrected chi connectivity index (χ0v) is 14.0. The van der Waals surface area contributed by atoms with Crippen LogP contribution in [0.3, 0.4) is 0 Å². The maximum absolute atomic E-state index is 12.3. The van der Waals surface area contributed by atoms with Crippen molar-refractivity contribution in [1.82, 2.24) is 4.90 Å². The molecule has 2 amide bonds. The molecule has 2 aliphatic heterocycles. The summed E-state index contributed by atoms with van der Waals surface area (Å²) in [6.07, 6.45) is 0.110. The number of amidine groups is 1. The Morgan fingerprint density at radius 3 is 2.83 bits per heavy atom. The molecule has 0 saturated carbocycles. The molecule has 2 aliphatic rings. The lowest BCUT2D eigenvalue weighted by molar-refractivity contribution is -0.115. The van der Waals surface area contributed by atoms with E-state index >= 15 is 0 Å². The van der Waals surface area contributed by atoms with E-state index < -0.39 is 5.91 Å². The summed E-state index contributed by atoms with van der Waals surface area (Å²) in [5.74, 6) is -1.37. The van der Waals surface area contributed by atoms with Gasteiger partial charge in [0.15, 0.2) is 11.0 Å². The lowest BCUT2D eigenvalue weighted by Gasteiger charge is -2.15. The highest BCUT2D eigenvalue weighted by atomic mass is 32.2.